The minimum atomic E-state index is -3.53. The zero-order valence-corrected chi connectivity index (χ0v) is 13.8. The van der Waals surface area contributed by atoms with Gasteiger partial charge in [-0.25, -0.2) is 13.4 Å². The Hall–Kier alpha value is -1.41. The van der Waals surface area contributed by atoms with Gasteiger partial charge in [0.05, 0.1) is 6.33 Å². The maximum Gasteiger partial charge on any atom is 0.262 e. The highest BCUT2D eigenvalue weighted by Crippen LogP contribution is 2.40. The molecule has 2 aliphatic heterocycles. The number of nitrogens with zero attached hydrogens (tertiary/aromatic N) is 4. The number of piperidine rings is 1. The van der Waals surface area contributed by atoms with Gasteiger partial charge >= 0.3 is 0 Å². The van der Waals surface area contributed by atoms with E-state index in [0.29, 0.717) is 19.6 Å². The van der Waals surface area contributed by atoms with E-state index >= 15 is 0 Å². The summed E-state index contributed by atoms with van der Waals surface area (Å²) >= 11 is 0. The first kappa shape index (κ1) is 15.5. The monoisotopic (exact) mass is 326 g/mol. The van der Waals surface area contributed by atoms with Crippen LogP contribution in [0.1, 0.15) is 26.2 Å². The predicted molar refractivity (Wildman–Crippen MR) is 80.5 cm³/mol. The topological polar surface area (TPSA) is 75.5 Å². The summed E-state index contributed by atoms with van der Waals surface area (Å²) in [5.74, 6) is 0.0742. The maximum atomic E-state index is 12.7. The van der Waals surface area contributed by atoms with Gasteiger partial charge in [0.1, 0.15) is 0 Å². The second-order valence-electron chi connectivity index (χ2n) is 6.51. The quantitative estimate of drug-likeness (QED) is 0.790. The number of likely N-dealkylation sites (tertiary alicyclic amines) is 1. The third-order valence-electron chi connectivity index (χ3n) is 4.80. The smallest absolute Gasteiger partial charge is 0.262 e. The Morgan fingerprint density at radius 2 is 2.05 bits per heavy atom. The van der Waals surface area contributed by atoms with E-state index in [9.17, 15) is 13.2 Å². The number of imidazole rings is 1. The number of hydrogen-bond acceptors (Lipinski definition) is 4. The zero-order chi connectivity index (χ0) is 16.0. The molecule has 2 fully saturated rings. The van der Waals surface area contributed by atoms with E-state index in [2.05, 4.69) is 4.98 Å². The van der Waals surface area contributed by atoms with Crippen molar-refractivity contribution in [3.8, 4) is 0 Å². The van der Waals surface area contributed by atoms with Crippen molar-refractivity contribution in [3.63, 3.8) is 0 Å². The fraction of sp³-hybridized carbons (Fsp3) is 0.714. The fourth-order valence-corrected chi connectivity index (χ4v) is 5.08. The van der Waals surface area contributed by atoms with Crippen molar-refractivity contribution in [2.75, 3.05) is 26.2 Å². The molecule has 3 heterocycles. The maximum absolute atomic E-state index is 12.7. The minimum absolute atomic E-state index is 0.0742. The van der Waals surface area contributed by atoms with Gasteiger partial charge in [0.2, 0.25) is 5.91 Å². The molecule has 8 heteroatoms. The molecule has 1 atom stereocenters. The summed E-state index contributed by atoms with van der Waals surface area (Å²) in [6, 6.07) is 0. The highest BCUT2D eigenvalue weighted by molar-refractivity contribution is 7.89. The average Bonchev–Trinajstić information content (AvgIpc) is 3.07. The van der Waals surface area contributed by atoms with Gasteiger partial charge in [-0.3, -0.25) is 4.79 Å². The molecule has 0 aromatic carbocycles. The van der Waals surface area contributed by atoms with Crippen LogP contribution >= 0.6 is 0 Å². The fourth-order valence-electron chi connectivity index (χ4n) is 3.56. The van der Waals surface area contributed by atoms with Gasteiger partial charge < -0.3 is 9.47 Å². The summed E-state index contributed by atoms with van der Waals surface area (Å²) in [5, 5.41) is 0.103. The van der Waals surface area contributed by atoms with Crippen molar-refractivity contribution in [3.05, 3.63) is 12.5 Å². The number of carbonyl (C=O) groups is 1. The van der Waals surface area contributed by atoms with Crippen LogP contribution in [-0.2, 0) is 21.9 Å². The molecular weight excluding hydrogens is 304 g/mol. The van der Waals surface area contributed by atoms with Crippen LogP contribution < -0.4 is 0 Å². The van der Waals surface area contributed by atoms with E-state index < -0.39 is 10.0 Å². The van der Waals surface area contributed by atoms with E-state index in [0.717, 1.165) is 25.8 Å². The standard InChI is InChI=1S/C14H22N4O3S/c1-12(19)17-6-3-4-14(9-17)5-7-18(10-14)22(20,21)13-8-16(2)11-15-13/h8,11H,3-7,9-10H2,1-2H3/t14-/m0/s1. The molecule has 0 N–H and O–H groups in total. The van der Waals surface area contributed by atoms with Crippen molar-refractivity contribution < 1.29 is 13.2 Å². The van der Waals surface area contributed by atoms with Crippen molar-refractivity contribution in [2.45, 2.75) is 31.2 Å². The molecule has 2 aliphatic rings. The number of carbonyl (C=O) groups excluding carboxylic acids is 1. The molecule has 22 heavy (non-hydrogen) atoms. The lowest BCUT2D eigenvalue weighted by Gasteiger charge is -2.40. The first-order chi connectivity index (χ1) is 10.3. The molecule has 0 unspecified atom stereocenters. The summed E-state index contributed by atoms with van der Waals surface area (Å²) in [6.07, 6.45) is 5.75. The number of aryl methyl sites for hydroxylation is 1. The molecule has 0 bridgehead atoms. The summed E-state index contributed by atoms with van der Waals surface area (Å²) in [5.41, 5.74) is -0.0915. The predicted octanol–water partition coefficient (Wildman–Crippen LogP) is 0.443. The summed E-state index contributed by atoms with van der Waals surface area (Å²) in [7, 11) is -1.78. The van der Waals surface area contributed by atoms with Crippen LogP contribution in [0.2, 0.25) is 0 Å². The molecule has 1 amide bonds. The van der Waals surface area contributed by atoms with Gasteiger partial charge in [0, 0.05) is 51.8 Å². The summed E-state index contributed by atoms with van der Waals surface area (Å²) in [4.78, 5) is 17.4. The van der Waals surface area contributed by atoms with Crippen LogP contribution in [0.25, 0.3) is 0 Å². The van der Waals surface area contributed by atoms with Crippen molar-refractivity contribution in [1.29, 1.82) is 0 Å². The molecule has 1 spiro atoms. The van der Waals surface area contributed by atoms with Gasteiger partial charge in [-0.1, -0.05) is 0 Å². The van der Waals surface area contributed by atoms with E-state index in [4.69, 9.17) is 0 Å². The number of sulfonamides is 1. The van der Waals surface area contributed by atoms with E-state index in [1.807, 2.05) is 4.90 Å². The van der Waals surface area contributed by atoms with E-state index in [1.54, 1.807) is 18.5 Å². The van der Waals surface area contributed by atoms with Crippen LogP contribution in [-0.4, -0.2) is 59.3 Å². The highest BCUT2D eigenvalue weighted by atomic mass is 32.2. The lowest BCUT2D eigenvalue weighted by Crippen LogP contribution is -2.47. The van der Waals surface area contributed by atoms with Crippen LogP contribution in [0, 0.1) is 5.41 Å². The average molecular weight is 326 g/mol. The first-order valence-electron chi connectivity index (χ1n) is 7.56. The lowest BCUT2D eigenvalue weighted by atomic mass is 9.79. The van der Waals surface area contributed by atoms with E-state index in [-0.39, 0.29) is 16.3 Å². The molecule has 0 aliphatic carbocycles. The SMILES string of the molecule is CC(=O)N1CCC[C@]2(CCN(S(=O)(=O)c3cn(C)cn3)C2)C1. The largest absolute Gasteiger partial charge is 0.342 e. The van der Waals surface area contributed by atoms with Crippen LogP contribution in [0.5, 0.6) is 0 Å². The molecule has 122 valence electrons. The van der Waals surface area contributed by atoms with Crippen molar-refractivity contribution in [2.24, 2.45) is 12.5 Å². The Labute approximate surface area is 131 Å². The molecule has 0 radical (unpaired) electrons. The van der Waals surface area contributed by atoms with Gasteiger partial charge in [-0.2, -0.15) is 4.31 Å². The van der Waals surface area contributed by atoms with Gasteiger partial charge in [-0.15, -0.1) is 0 Å². The third kappa shape index (κ3) is 2.65. The molecule has 2 saturated heterocycles. The summed E-state index contributed by atoms with van der Waals surface area (Å²) in [6.45, 7) is 4.01. The first-order valence-corrected chi connectivity index (χ1v) is 9.00. The molecule has 3 rings (SSSR count). The normalized spacial score (nSPS) is 26.7. The number of hydrogen-bond donors (Lipinski definition) is 0. The van der Waals surface area contributed by atoms with Gasteiger partial charge in [0.15, 0.2) is 5.03 Å². The zero-order valence-electron chi connectivity index (χ0n) is 13.0. The second kappa shape index (κ2) is 5.34. The Balaban J connectivity index is 1.78. The molecule has 1 aromatic rings. The molecule has 7 nitrogen and oxygen atoms in total. The lowest BCUT2D eigenvalue weighted by molar-refractivity contribution is -0.132. The molecule has 0 saturated carbocycles. The van der Waals surface area contributed by atoms with Crippen molar-refractivity contribution in [1.82, 2.24) is 18.8 Å². The Kier molecular flexibility index (Phi) is 3.76. The number of rotatable bonds is 2. The Morgan fingerprint density at radius 3 is 2.68 bits per heavy atom. The minimum Gasteiger partial charge on any atom is -0.342 e. The number of amides is 1. The van der Waals surface area contributed by atoms with Gasteiger partial charge in [0.25, 0.3) is 10.0 Å². The second-order valence-corrected chi connectivity index (χ2v) is 8.39. The van der Waals surface area contributed by atoms with Gasteiger partial charge in [-0.05, 0) is 19.3 Å². The third-order valence-corrected chi connectivity index (χ3v) is 6.53. The van der Waals surface area contributed by atoms with Crippen LogP contribution in [0.4, 0.5) is 0 Å². The molecule has 1 aromatic heterocycles. The summed E-state index contributed by atoms with van der Waals surface area (Å²) < 4.78 is 28.5. The van der Waals surface area contributed by atoms with E-state index in [1.165, 1.54) is 16.8 Å². The number of aromatic nitrogens is 2. The van der Waals surface area contributed by atoms with Crippen molar-refractivity contribution >= 4 is 15.9 Å². The van der Waals surface area contributed by atoms with Crippen LogP contribution in [0.3, 0.4) is 0 Å². The van der Waals surface area contributed by atoms with Crippen LogP contribution in [0.15, 0.2) is 17.6 Å². The Morgan fingerprint density at radius 1 is 1.27 bits per heavy atom. The molecular formula is C14H22N4O3S. The Bertz CT molecular complexity index is 684. The highest BCUT2D eigenvalue weighted by Gasteiger charge is 2.46.